The first-order valence-electron chi connectivity index (χ1n) is 5.05. The van der Waals surface area contributed by atoms with Gasteiger partial charge in [-0.2, -0.15) is 0 Å². The second kappa shape index (κ2) is 7.49. The van der Waals surface area contributed by atoms with Gasteiger partial charge in [0, 0.05) is 13.0 Å². The highest BCUT2D eigenvalue weighted by Gasteiger charge is 2.18. The van der Waals surface area contributed by atoms with Gasteiger partial charge in [-0.3, -0.25) is 9.79 Å². The summed E-state index contributed by atoms with van der Waals surface area (Å²) in [5, 5.41) is 11.2. The fourth-order valence-corrected chi connectivity index (χ4v) is 1.06. The van der Waals surface area contributed by atoms with Crippen LogP contribution >= 0.6 is 0 Å². The van der Waals surface area contributed by atoms with Crippen LogP contribution in [0.25, 0.3) is 0 Å². The molecule has 0 bridgehead atoms. The minimum Gasteiger partial charge on any atom is -0.480 e. The van der Waals surface area contributed by atoms with Gasteiger partial charge in [0.1, 0.15) is 6.04 Å². The van der Waals surface area contributed by atoms with Gasteiger partial charge in [0.25, 0.3) is 0 Å². The molecule has 6 N–H and O–H groups in total. The molecule has 92 valence electrons. The quantitative estimate of drug-likeness (QED) is 0.253. The smallest absolute Gasteiger partial charge is 0.326 e. The summed E-state index contributed by atoms with van der Waals surface area (Å²) in [6.45, 7) is 2.02. The molecule has 0 spiro atoms. The van der Waals surface area contributed by atoms with Gasteiger partial charge in [0.05, 0.1) is 0 Å². The Morgan fingerprint density at radius 2 is 2.06 bits per heavy atom. The Morgan fingerprint density at radius 1 is 1.44 bits per heavy atom. The lowest BCUT2D eigenvalue weighted by molar-refractivity contribution is -0.142. The van der Waals surface area contributed by atoms with Crippen LogP contribution in [0.1, 0.15) is 26.2 Å². The highest BCUT2D eigenvalue weighted by Crippen LogP contribution is 1.99. The van der Waals surface area contributed by atoms with Gasteiger partial charge in [-0.05, 0) is 12.8 Å². The first kappa shape index (κ1) is 14.2. The lowest BCUT2D eigenvalue weighted by Crippen LogP contribution is -2.40. The van der Waals surface area contributed by atoms with E-state index < -0.39 is 12.0 Å². The van der Waals surface area contributed by atoms with Crippen molar-refractivity contribution in [2.45, 2.75) is 32.2 Å². The van der Waals surface area contributed by atoms with Crippen molar-refractivity contribution in [3.05, 3.63) is 0 Å². The summed E-state index contributed by atoms with van der Waals surface area (Å²) >= 11 is 0. The maximum atomic E-state index is 11.0. The molecule has 16 heavy (non-hydrogen) atoms. The highest BCUT2D eigenvalue weighted by molar-refractivity contribution is 5.83. The summed E-state index contributed by atoms with van der Waals surface area (Å²) in [4.78, 5) is 25.5. The molecular formula is C9H18N4O3. The van der Waals surface area contributed by atoms with Crippen LogP contribution in [0, 0.1) is 0 Å². The predicted octanol–water partition coefficient (Wildman–Crippen LogP) is -0.981. The standard InChI is InChI=1S/C9H18N4O3/c1-2-7(14)13-6(8(15)16)4-3-5-12-9(10)11/h6H,2-5H2,1H3,(H,13,14)(H,15,16)(H4,10,11,12). The second-order valence-corrected chi connectivity index (χ2v) is 3.26. The van der Waals surface area contributed by atoms with Crippen molar-refractivity contribution in [2.75, 3.05) is 6.54 Å². The zero-order valence-corrected chi connectivity index (χ0v) is 9.27. The Balaban J connectivity index is 4.00. The third-order valence-corrected chi connectivity index (χ3v) is 1.90. The summed E-state index contributed by atoms with van der Waals surface area (Å²) in [5.74, 6) is -1.36. The molecule has 0 fully saturated rings. The molecule has 0 aromatic rings. The molecule has 0 aromatic heterocycles. The van der Waals surface area contributed by atoms with E-state index in [0.29, 0.717) is 19.4 Å². The molecule has 1 amide bonds. The molecule has 0 aromatic carbocycles. The van der Waals surface area contributed by atoms with Gasteiger partial charge in [-0.25, -0.2) is 4.79 Å². The largest absolute Gasteiger partial charge is 0.480 e. The molecule has 0 aliphatic carbocycles. The van der Waals surface area contributed by atoms with Crippen LogP contribution in [0.4, 0.5) is 0 Å². The van der Waals surface area contributed by atoms with E-state index in [1.54, 1.807) is 6.92 Å². The lowest BCUT2D eigenvalue weighted by atomic mass is 10.1. The number of aliphatic imine (C=N–C) groups is 1. The zero-order valence-electron chi connectivity index (χ0n) is 9.27. The number of nitrogens with zero attached hydrogens (tertiary/aromatic N) is 1. The summed E-state index contributed by atoms with van der Waals surface area (Å²) in [6, 6.07) is -0.873. The number of guanidine groups is 1. The van der Waals surface area contributed by atoms with Crippen LogP contribution in [-0.2, 0) is 9.59 Å². The number of amides is 1. The molecule has 1 atom stereocenters. The Bertz CT molecular complexity index is 274. The molecule has 1 unspecified atom stereocenters. The van der Waals surface area contributed by atoms with Crippen molar-refractivity contribution >= 4 is 17.8 Å². The number of hydrogen-bond acceptors (Lipinski definition) is 3. The topological polar surface area (TPSA) is 131 Å². The third-order valence-electron chi connectivity index (χ3n) is 1.90. The maximum Gasteiger partial charge on any atom is 0.326 e. The van der Waals surface area contributed by atoms with E-state index >= 15 is 0 Å². The summed E-state index contributed by atoms with van der Waals surface area (Å²) < 4.78 is 0. The molecule has 0 rings (SSSR count). The maximum absolute atomic E-state index is 11.0. The average Bonchev–Trinajstić information content (AvgIpc) is 2.21. The normalized spacial score (nSPS) is 11.6. The van der Waals surface area contributed by atoms with Gasteiger partial charge in [-0.15, -0.1) is 0 Å². The van der Waals surface area contributed by atoms with Gasteiger partial charge in [0.2, 0.25) is 5.91 Å². The van der Waals surface area contributed by atoms with Crippen LogP contribution < -0.4 is 16.8 Å². The number of carboxylic acids is 1. The summed E-state index contributed by atoms with van der Waals surface area (Å²) in [6.07, 6.45) is 1.06. The van der Waals surface area contributed by atoms with Gasteiger partial charge >= 0.3 is 5.97 Å². The van der Waals surface area contributed by atoms with Gasteiger partial charge < -0.3 is 21.9 Å². The van der Waals surface area contributed by atoms with E-state index in [1.807, 2.05) is 0 Å². The van der Waals surface area contributed by atoms with E-state index in [1.165, 1.54) is 0 Å². The van der Waals surface area contributed by atoms with Crippen LogP contribution in [0.5, 0.6) is 0 Å². The van der Waals surface area contributed by atoms with Gasteiger partial charge in [0.15, 0.2) is 5.96 Å². The van der Waals surface area contributed by atoms with E-state index in [2.05, 4.69) is 10.3 Å². The van der Waals surface area contributed by atoms with Gasteiger partial charge in [-0.1, -0.05) is 6.92 Å². The predicted molar refractivity (Wildman–Crippen MR) is 59.8 cm³/mol. The molecule has 0 radical (unpaired) electrons. The van der Waals surface area contributed by atoms with Crippen molar-refractivity contribution < 1.29 is 14.7 Å². The fraction of sp³-hybridized carbons (Fsp3) is 0.667. The molecule has 7 heteroatoms. The second-order valence-electron chi connectivity index (χ2n) is 3.26. The van der Waals surface area contributed by atoms with E-state index in [9.17, 15) is 9.59 Å². The Morgan fingerprint density at radius 3 is 2.50 bits per heavy atom. The Labute approximate surface area is 93.9 Å². The Kier molecular flexibility index (Phi) is 6.66. The van der Waals surface area contributed by atoms with Crippen LogP contribution in [-0.4, -0.2) is 35.5 Å². The lowest BCUT2D eigenvalue weighted by Gasteiger charge is -2.12. The molecular weight excluding hydrogens is 212 g/mol. The van der Waals surface area contributed by atoms with Crippen molar-refractivity contribution in [2.24, 2.45) is 16.5 Å². The monoisotopic (exact) mass is 230 g/mol. The van der Waals surface area contributed by atoms with Crippen LogP contribution in [0.2, 0.25) is 0 Å². The SMILES string of the molecule is CCC(=O)NC(CCCN=C(N)N)C(=O)O. The van der Waals surface area contributed by atoms with Crippen LogP contribution in [0.3, 0.4) is 0 Å². The first-order valence-corrected chi connectivity index (χ1v) is 5.05. The zero-order chi connectivity index (χ0) is 12.6. The van der Waals surface area contributed by atoms with Crippen molar-refractivity contribution in [1.82, 2.24) is 5.32 Å². The number of aliphatic carboxylic acids is 1. The molecule has 0 aliphatic rings. The molecule has 0 saturated carbocycles. The fourth-order valence-electron chi connectivity index (χ4n) is 1.06. The molecule has 0 aliphatic heterocycles. The number of hydrogen-bond donors (Lipinski definition) is 4. The van der Waals surface area contributed by atoms with Crippen LogP contribution in [0.15, 0.2) is 4.99 Å². The van der Waals surface area contributed by atoms with Crippen molar-refractivity contribution in [1.29, 1.82) is 0 Å². The highest BCUT2D eigenvalue weighted by atomic mass is 16.4. The summed E-state index contributed by atoms with van der Waals surface area (Å²) in [7, 11) is 0. The number of carboxylic acid groups (broad SMARTS) is 1. The summed E-state index contributed by atoms with van der Waals surface area (Å²) in [5.41, 5.74) is 10.2. The minimum absolute atomic E-state index is 0.0236. The van der Waals surface area contributed by atoms with E-state index in [4.69, 9.17) is 16.6 Å². The third kappa shape index (κ3) is 6.63. The molecule has 0 heterocycles. The molecule has 7 nitrogen and oxygen atoms in total. The van der Waals surface area contributed by atoms with E-state index in [-0.39, 0.29) is 18.3 Å². The van der Waals surface area contributed by atoms with Crippen molar-refractivity contribution in [3.63, 3.8) is 0 Å². The number of carbonyl (C=O) groups is 2. The molecule has 0 saturated heterocycles. The number of rotatable bonds is 7. The minimum atomic E-state index is -1.05. The first-order chi connectivity index (χ1) is 7.47. The number of nitrogens with two attached hydrogens (primary N) is 2. The number of carbonyl (C=O) groups excluding carboxylic acids is 1. The Hall–Kier alpha value is -1.79. The average molecular weight is 230 g/mol. The van der Waals surface area contributed by atoms with E-state index in [0.717, 1.165) is 0 Å². The van der Waals surface area contributed by atoms with Crippen molar-refractivity contribution in [3.8, 4) is 0 Å². The number of nitrogens with one attached hydrogen (secondary N) is 1.